The molecule has 2 rings (SSSR count). The molecule has 110 valence electrons. The van der Waals surface area contributed by atoms with Crippen molar-refractivity contribution < 1.29 is 19.8 Å². The van der Waals surface area contributed by atoms with Gasteiger partial charge < -0.3 is 15.5 Å². The van der Waals surface area contributed by atoms with Crippen LogP contribution >= 0.6 is 27.3 Å². The van der Waals surface area contributed by atoms with Crippen molar-refractivity contribution in [3.8, 4) is 5.75 Å². The van der Waals surface area contributed by atoms with Crippen LogP contribution in [0.15, 0.2) is 27.5 Å². The van der Waals surface area contributed by atoms with Crippen LogP contribution in [0.5, 0.6) is 5.75 Å². The van der Waals surface area contributed by atoms with Gasteiger partial charge in [-0.25, -0.2) is 0 Å². The first kappa shape index (κ1) is 15.5. The molecule has 8 heteroatoms. The maximum Gasteiger partial charge on any atom is 0.325 e. The van der Waals surface area contributed by atoms with Crippen molar-refractivity contribution in [2.45, 2.75) is 13.0 Å². The molecule has 0 aliphatic rings. The van der Waals surface area contributed by atoms with Crippen LogP contribution in [0.2, 0.25) is 0 Å². The minimum Gasteiger partial charge on any atom is -0.506 e. The number of halogens is 1. The van der Waals surface area contributed by atoms with Gasteiger partial charge in [0.25, 0.3) is 5.91 Å². The lowest BCUT2D eigenvalue weighted by molar-refractivity contribution is -0.138. The molecule has 0 aliphatic carbocycles. The molecular weight excluding hydrogens is 362 g/mol. The Morgan fingerprint density at radius 3 is 2.67 bits per heavy atom. The zero-order chi connectivity index (χ0) is 15.7. The SMILES string of the molecule is CC(NC(=O)c1c(O)c2cc(Br)ccc2sc1=O)C(=O)O. The Kier molecular flexibility index (Phi) is 4.29. The van der Waals surface area contributed by atoms with E-state index in [2.05, 4.69) is 21.2 Å². The Balaban J connectivity index is 2.56. The molecule has 1 aromatic carbocycles. The van der Waals surface area contributed by atoms with Gasteiger partial charge in [0.05, 0.1) is 0 Å². The van der Waals surface area contributed by atoms with Gasteiger partial charge in [-0.2, -0.15) is 0 Å². The summed E-state index contributed by atoms with van der Waals surface area (Å²) in [7, 11) is 0. The van der Waals surface area contributed by atoms with Gasteiger partial charge >= 0.3 is 5.97 Å². The quantitative estimate of drug-likeness (QED) is 0.764. The summed E-state index contributed by atoms with van der Waals surface area (Å²) in [6, 6.07) is 3.77. The molecule has 0 spiro atoms. The Morgan fingerprint density at radius 1 is 1.38 bits per heavy atom. The third kappa shape index (κ3) is 3.06. The summed E-state index contributed by atoms with van der Waals surface area (Å²) in [5, 5.41) is 21.4. The van der Waals surface area contributed by atoms with Crippen molar-refractivity contribution in [1.29, 1.82) is 0 Å². The summed E-state index contributed by atoms with van der Waals surface area (Å²) in [4.78, 5) is 34.7. The van der Waals surface area contributed by atoms with Gasteiger partial charge in [0, 0.05) is 14.6 Å². The summed E-state index contributed by atoms with van der Waals surface area (Å²) in [6.45, 7) is 1.27. The molecule has 0 aliphatic heterocycles. The van der Waals surface area contributed by atoms with Crippen LogP contribution in [0.1, 0.15) is 17.3 Å². The highest BCUT2D eigenvalue weighted by atomic mass is 79.9. The molecule has 0 bridgehead atoms. The molecule has 1 amide bonds. The molecule has 0 radical (unpaired) electrons. The summed E-state index contributed by atoms with van der Waals surface area (Å²) in [6.07, 6.45) is 0. The zero-order valence-electron chi connectivity index (χ0n) is 10.7. The number of amides is 1. The molecule has 3 N–H and O–H groups in total. The van der Waals surface area contributed by atoms with E-state index in [0.29, 0.717) is 14.6 Å². The normalized spacial score (nSPS) is 12.1. The first-order chi connectivity index (χ1) is 9.81. The van der Waals surface area contributed by atoms with Gasteiger partial charge in [0.15, 0.2) is 0 Å². The molecule has 1 unspecified atom stereocenters. The van der Waals surface area contributed by atoms with Crippen LogP contribution < -0.4 is 10.1 Å². The maximum atomic E-state index is 12.0. The van der Waals surface area contributed by atoms with Gasteiger partial charge in [-0.3, -0.25) is 14.4 Å². The van der Waals surface area contributed by atoms with Gasteiger partial charge in [-0.15, -0.1) is 0 Å². The number of carbonyl (C=O) groups excluding carboxylic acids is 1. The van der Waals surface area contributed by atoms with Crippen molar-refractivity contribution in [1.82, 2.24) is 5.32 Å². The highest BCUT2D eigenvalue weighted by Gasteiger charge is 2.22. The lowest BCUT2D eigenvalue weighted by Crippen LogP contribution is -2.39. The number of benzene rings is 1. The van der Waals surface area contributed by atoms with E-state index >= 15 is 0 Å². The predicted molar refractivity (Wildman–Crippen MR) is 82.0 cm³/mol. The zero-order valence-corrected chi connectivity index (χ0v) is 13.1. The molecule has 6 nitrogen and oxygen atoms in total. The average Bonchev–Trinajstić information content (AvgIpc) is 2.39. The maximum absolute atomic E-state index is 12.0. The van der Waals surface area contributed by atoms with E-state index in [1.807, 2.05) is 0 Å². The van der Waals surface area contributed by atoms with Crippen LogP contribution in [-0.2, 0) is 4.79 Å². The number of hydrogen-bond acceptors (Lipinski definition) is 5. The third-order valence-electron chi connectivity index (χ3n) is 2.79. The first-order valence-corrected chi connectivity index (χ1v) is 7.41. The second-order valence-corrected chi connectivity index (χ2v) is 6.22. The second kappa shape index (κ2) is 5.82. The van der Waals surface area contributed by atoms with Crippen LogP contribution in [0.4, 0.5) is 0 Å². The van der Waals surface area contributed by atoms with Gasteiger partial charge in [-0.05, 0) is 25.1 Å². The molecule has 0 saturated carbocycles. The number of carboxylic acid groups (broad SMARTS) is 1. The molecule has 0 saturated heterocycles. The standard InChI is InChI=1S/C13H10BrNO5S/c1-5(12(18)19)15-11(17)9-10(16)7-4-6(14)2-3-8(7)21-13(9)20/h2-5,16H,1H3,(H,15,17)(H,18,19). The number of aromatic hydroxyl groups is 1. The van der Waals surface area contributed by atoms with E-state index in [1.165, 1.54) is 6.92 Å². The number of nitrogens with one attached hydrogen (secondary N) is 1. The van der Waals surface area contributed by atoms with Crippen LogP contribution in [0, 0.1) is 0 Å². The number of rotatable bonds is 3. The molecule has 1 atom stereocenters. The Morgan fingerprint density at radius 2 is 2.05 bits per heavy atom. The van der Waals surface area contributed by atoms with Crippen LogP contribution in [0.3, 0.4) is 0 Å². The fourth-order valence-corrected chi connectivity index (χ4v) is 2.94. The number of carbonyl (C=O) groups is 2. The van der Waals surface area contributed by atoms with Crippen molar-refractivity contribution >= 4 is 49.2 Å². The second-order valence-electron chi connectivity index (χ2n) is 4.29. The summed E-state index contributed by atoms with van der Waals surface area (Å²) < 4.78 is 0.586. The molecule has 1 heterocycles. The average molecular weight is 372 g/mol. The number of fused-ring (bicyclic) bond motifs is 1. The van der Waals surface area contributed by atoms with E-state index in [9.17, 15) is 19.5 Å². The molecule has 21 heavy (non-hydrogen) atoms. The van der Waals surface area contributed by atoms with Crippen LogP contribution in [0.25, 0.3) is 10.1 Å². The number of aliphatic carboxylic acids is 1. The lowest BCUT2D eigenvalue weighted by atomic mass is 10.1. The highest BCUT2D eigenvalue weighted by molar-refractivity contribution is 9.10. The Labute approximate surface area is 131 Å². The van der Waals surface area contributed by atoms with E-state index in [1.54, 1.807) is 18.2 Å². The third-order valence-corrected chi connectivity index (χ3v) is 4.24. The number of carboxylic acids is 1. The minimum atomic E-state index is -1.23. The van der Waals surface area contributed by atoms with Crippen molar-refractivity contribution in [2.24, 2.45) is 0 Å². The predicted octanol–water partition coefficient (Wildman–Crippen LogP) is 1.93. The van der Waals surface area contributed by atoms with E-state index in [0.717, 1.165) is 11.3 Å². The monoisotopic (exact) mass is 371 g/mol. The molecule has 1 aromatic heterocycles. The van der Waals surface area contributed by atoms with E-state index < -0.39 is 34.0 Å². The summed E-state index contributed by atoms with van der Waals surface area (Å²) >= 11 is 4.05. The topological polar surface area (TPSA) is 104 Å². The van der Waals surface area contributed by atoms with E-state index in [-0.39, 0.29) is 0 Å². The fourth-order valence-electron chi connectivity index (χ4n) is 1.69. The molecule has 2 aromatic rings. The number of hydrogen-bond donors (Lipinski definition) is 3. The van der Waals surface area contributed by atoms with Crippen LogP contribution in [-0.4, -0.2) is 28.1 Å². The smallest absolute Gasteiger partial charge is 0.325 e. The highest BCUT2D eigenvalue weighted by Crippen LogP contribution is 2.31. The largest absolute Gasteiger partial charge is 0.506 e. The van der Waals surface area contributed by atoms with E-state index in [4.69, 9.17) is 5.11 Å². The lowest BCUT2D eigenvalue weighted by Gasteiger charge is -2.10. The van der Waals surface area contributed by atoms with Crippen molar-refractivity contribution in [3.63, 3.8) is 0 Å². The Hall–Kier alpha value is -1.93. The summed E-state index contributed by atoms with van der Waals surface area (Å²) in [5.74, 6) is -2.60. The Bertz CT molecular complexity index is 801. The van der Waals surface area contributed by atoms with Gasteiger partial charge in [-0.1, -0.05) is 27.3 Å². The fraction of sp³-hybridized carbons (Fsp3) is 0.154. The minimum absolute atomic E-state index is 0.349. The van der Waals surface area contributed by atoms with Gasteiger partial charge in [0.1, 0.15) is 17.4 Å². The van der Waals surface area contributed by atoms with Crippen molar-refractivity contribution in [3.05, 3.63) is 37.8 Å². The first-order valence-electron chi connectivity index (χ1n) is 5.80. The van der Waals surface area contributed by atoms with Gasteiger partial charge in [0.2, 0.25) is 4.74 Å². The molecular formula is C13H10BrNO5S. The van der Waals surface area contributed by atoms with Crippen molar-refractivity contribution in [2.75, 3.05) is 0 Å². The summed E-state index contributed by atoms with van der Waals surface area (Å²) in [5.41, 5.74) is -0.446. The molecule has 0 fully saturated rings.